The summed E-state index contributed by atoms with van der Waals surface area (Å²) >= 11 is 0. The van der Waals surface area contributed by atoms with Crippen molar-refractivity contribution in [1.29, 1.82) is 5.26 Å². The van der Waals surface area contributed by atoms with E-state index in [-0.39, 0.29) is 11.3 Å². The molecule has 0 saturated carbocycles. The second-order valence-electron chi connectivity index (χ2n) is 4.22. The van der Waals surface area contributed by atoms with Crippen molar-refractivity contribution >= 4 is 5.91 Å². The summed E-state index contributed by atoms with van der Waals surface area (Å²) in [4.78, 5) is 11.9. The number of para-hydroxylation sites is 1. The minimum absolute atomic E-state index is 0.0404. The molecule has 4 nitrogen and oxygen atoms in total. The maximum Gasteiger partial charge on any atom is 0.256 e. The lowest BCUT2D eigenvalue weighted by Crippen LogP contribution is -2.44. The minimum Gasteiger partial charge on any atom is -0.507 e. The number of phenolic OH excluding ortho intramolecular Hbond substituents is 1. The summed E-state index contributed by atoms with van der Waals surface area (Å²) in [6, 6.07) is 6.99. The van der Waals surface area contributed by atoms with Crippen LogP contribution in [0, 0.1) is 18.3 Å². The molecule has 0 heterocycles. The van der Waals surface area contributed by atoms with Gasteiger partial charge in [0.1, 0.15) is 11.3 Å². The van der Waals surface area contributed by atoms with Crippen LogP contribution in [-0.2, 0) is 0 Å². The molecule has 1 atom stereocenters. The van der Waals surface area contributed by atoms with E-state index in [2.05, 4.69) is 5.32 Å². The highest BCUT2D eigenvalue weighted by atomic mass is 16.3. The Kier molecular flexibility index (Phi) is 3.74. The van der Waals surface area contributed by atoms with E-state index in [4.69, 9.17) is 5.26 Å². The number of amides is 1. The molecule has 0 aliphatic rings. The molecular formula is C13H16N2O2. The maximum absolute atomic E-state index is 11.9. The number of hydrogen-bond acceptors (Lipinski definition) is 3. The number of nitrogens with zero attached hydrogens (tertiary/aromatic N) is 1. The zero-order chi connectivity index (χ0) is 13.1. The van der Waals surface area contributed by atoms with E-state index in [1.807, 2.05) is 13.0 Å². The SMILES string of the molecule is CCC(C)(C#N)NC(=O)c1cccc(C)c1O. The normalized spacial score (nSPS) is 13.5. The fourth-order valence-corrected chi connectivity index (χ4v) is 1.36. The van der Waals surface area contributed by atoms with Crippen molar-refractivity contribution in [2.24, 2.45) is 0 Å². The summed E-state index contributed by atoms with van der Waals surface area (Å²) in [5.74, 6) is -0.474. The van der Waals surface area contributed by atoms with Gasteiger partial charge in [-0.05, 0) is 31.9 Å². The fourth-order valence-electron chi connectivity index (χ4n) is 1.36. The van der Waals surface area contributed by atoms with Crippen LogP contribution in [-0.4, -0.2) is 16.6 Å². The summed E-state index contributed by atoms with van der Waals surface area (Å²) in [6.07, 6.45) is 0.502. The van der Waals surface area contributed by atoms with Crippen LogP contribution in [0.2, 0.25) is 0 Å². The van der Waals surface area contributed by atoms with Gasteiger partial charge in [0.15, 0.2) is 0 Å². The second-order valence-corrected chi connectivity index (χ2v) is 4.22. The van der Waals surface area contributed by atoms with Gasteiger partial charge in [-0.15, -0.1) is 0 Å². The standard InChI is InChI=1S/C13H16N2O2/c1-4-13(3,8-14)15-12(17)10-7-5-6-9(2)11(10)16/h5-7,16H,4H2,1-3H3,(H,15,17). The third kappa shape index (κ3) is 2.76. The molecular weight excluding hydrogens is 216 g/mol. The van der Waals surface area contributed by atoms with Gasteiger partial charge in [-0.1, -0.05) is 19.1 Å². The van der Waals surface area contributed by atoms with Crippen molar-refractivity contribution in [3.8, 4) is 11.8 Å². The Morgan fingerprint density at radius 1 is 1.59 bits per heavy atom. The van der Waals surface area contributed by atoms with Crippen molar-refractivity contribution in [3.05, 3.63) is 29.3 Å². The number of carbonyl (C=O) groups excluding carboxylic acids is 1. The van der Waals surface area contributed by atoms with Crippen LogP contribution >= 0.6 is 0 Å². The average molecular weight is 232 g/mol. The van der Waals surface area contributed by atoms with E-state index in [0.717, 1.165) is 0 Å². The first-order valence-corrected chi connectivity index (χ1v) is 5.46. The van der Waals surface area contributed by atoms with Crippen molar-refractivity contribution in [2.45, 2.75) is 32.7 Å². The fraction of sp³-hybridized carbons (Fsp3) is 0.385. The molecule has 0 fully saturated rings. The highest BCUT2D eigenvalue weighted by molar-refractivity contribution is 5.97. The molecule has 1 aromatic carbocycles. The van der Waals surface area contributed by atoms with E-state index in [1.54, 1.807) is 26.0 Å². The summed E-state index contributed by atoms with van der Waals surface area (Å²) in [7, 11) is 0. The third-order valence-electron chi connectivity index (χ3n) is 2.83. The molecule has 0 saturated heterocycles. The first-order valence-electron chi connectivity index (χ1n) is 5.46. The summed E-state index contributed by atoms with van der Waals surface area (Å²) in [5.41, 5.74) is -0.0828. The van der Waals surface area contributed by atoms with E-state index in [1.165, 1.54) is 6.07 Å². The molecule has 0 aliphatic heterocycles. The molecule has 0 spiro atoms. The van der Waals surface area contributed by atoms with E-state index < -0.39 is 11.4 Å². The van der Waals surface area contributed by atoms with Crippen LogP contribution in [0.4, 0.5) is 0 Å². The van der Waals surface area contributed by atoms with Gasteiger partial charge in [0.2, 0.25) is 0 Å². The Labute approximate surface area is 101 Å². The lowest BCUT2D eigenvalue weighted by Gasteiger charge is -2.21. The number of aromatic hydroxyl groups is 1. The number of nitrogens with one attached hydrogen (secondary N) is 1. The molecule has 4 heteroatoms. The monoisotopic (exact) mass is 232 g/mol. The largest absolute Gasteiger partial charge is 0.507 e. The minimum atomic E-state index is -0.909. The first-order chi connectivity index (χ1) is 7.93. The molecule has 0 bridgehead atoms. The predicted octanol–water partition coefficient (Wildman–Crippen LogP) is 2.12. The Morgan fingerprint density at radius 2 is 2.24 bits per heavy atom. The molecule has 0 radical (unpaired) electrons. The van der Waals surface area contributed by atoms with Gasteiger partial charge in [0, 0.05) is 0 Å². The van der Waals surface area contributed by atoms with Gasteiger partial charge < -0.3 is 10.4 Å². The number of rotatable bonds is 3. The Hall–Kier alpha value is -2.02. The number of hydrogen-bond donors (Lipinski definition) is 2. The lowest BCUT2D eigenvalue weighted by atomic mass is 10.00. The smallest absolute Gasteiger partial charge is 0.256 e. The maximum atomic E-state index is 11.9. The van der Waals surface area contributed by atoms with Gasteiger partial charge in [-0.3, -0.25) is 4.79 Å². The van der Waals surface area contributed by atoms with Crippen LogP contribution in [0.25, 0.3) is 0 Å². The summed E-state index contributed by atoms with van der Waals surface area (Å²) in [5, 5.41) is 21.4. The molecule has 0 aliphatic carbocycles. The quantitative estimate of drug-likeness (QED) is 0.838. The molecule has 0 aromatic heterocycles. The second kappa shape index (κ2) is 4.88. The number of nitriles is 1. The molecule has 1 aromatic rings. The average Bonchev–Trinajstić information content (AvgIpc) is 2.32. The number of benzene rings is 1. The van der Waals surface area contributed by atoms with Gasteiger partial charge in [-0.25, -0.2) is 0 Å². The molecule has 1 rings (SSSR count). The van der Waals surface area contributed by atoms with Crippen LogP contribution in [0.3, 0.4) is 0 Å². The Balaban J connectivity index is 2.99. The van der Waals surface area contributed by atoms with Gasteiger partial charge in [0.25, 0.3) is 5.91 Å². The molecule has 17 heavy (non-hydrogen) atoms. The predicted molar refractivity (Wildman–Crippen MR) is 64.6 cm³/mol. The van der Waals surface area contributed by atoms with Gasteiger partial charge in [-0.2, -0.15) is 5.26 Å². The molecule has 2 N–H and O–H groups in total. The lowest BCUT2D eigenvalue weighted by molar-refractivity contribution is 0.0920. The number of carbonyl (C=O) groups is 1. The van der Waals surface area contributed by atoms with Crippen LogP contribution in [0.15, 0.2) is 18.2 Å². The summed E-state index contributed by atoms with van der Waals surface area (Å²) in [6.45, 7) is 5.19. The van der Waals surface area contributed by atoms with Crippen molar-refractivity contribution in [1.82, 2.24) is 5.32 Å². The van der Waals surface area contributed by atoms with E-state index in [9.17, 15) is 9.90 Å². The van der Waals surface area contributed by atoms with Gasteiger partial charge in [0.05, 0.1) is 11.6 Å². The van der Waals surface area contributed by atoms with Crippen LogP contribution in [0.1, 0.15) is 36.2 Å². The van der Waals surface area contributed by atoms with E-state index >= 15 is 0 Å². The zero-order valence-electron chi connectivity index (χ0n) is 10.2. The number of phenols is 1. The Bertz CT molecular complexity index is 477. The van der Waals surface area contributed by atoms with Crippen LogP contribution in [0.5, 0.6) is 5.75 Å². The van der Waals surface area contributed by atoms with Gasteiger partial charge >= 0.3 is 0 Å². The van der Waals surface area contributed by atoms with Crippen molar-refractivity contribution < 1.29 is 9.90 Å². The highest BCUT2D eigenvalue weighted by Crippen LogP contribution is 2.22. The molecule has 90 valence electrons. The molecule has 1 unspecified atom stereocenters. The van der Waals surface area contributed by atoms with Crippen LogP contribution < -0.4 is 5.32 Å². The Morgan fingerprint density at radius 3 is 2.76 bits per heavy atom. The van der Waals surface area contributed by atoms with Crippen molar-refractivity contribution in [3.63, 3.8) is 0 Å². The zero-order valence-corrected chi connectivity index (χ0v) is 10.2. The summed E-state index contributed by atoms with van der Waals surface area (Å²) < 4.78 is 0. The first kappa shape index (κ1) is 13.0. The third-order valence-corrected chi connectivity index (χ3v) is 2.83. The molecule has 1 amide bonds. The van der Waals surface area contributed by atoms with E-state index in [0.29, 0.717) is 12.0 Å². The highest BCUT2D eigenvalue weighted by Gasteiger charge is 2.25. The van der Waals surface area contributed by atoms with Crippen molar-refractivity contribution in [2.75, 3.05) is 0 Å². The number of aryl methyl sites for hydroxylation is 1. The topological polar surface area (TPSA) is 73.1 Å².